The zero-order valence-electron chi connectivity index (χ0n) is 15.2. The third-order valence-corrected chi connectivity index (χ3v) is 4.86. The Kier molecular flexibility index (Phi) is 4.45. The van der Waals surface area contributed by atoms with Gasteiger partial charge in [-0.05, 0) is 38.8 Å². The Morgan fingerprint density at radius 1 is 1.28 bits per heavy atom. The Balaban J connectivity index is 2.33. The van der Waals surface area contributed by atoms with Crippen LogP contribution in [-0.4, -0.2) is 31.4 Å². The Bertz CT molecular complexity index is 854. The normalized spacial score (nSPS) is 12.4. The van der Waals surface area contributed by atoms with Crippen LogP contribution in [0.15, 0.2) is 6.07 Å². The molecule has 0 bridgehead atoms. The van der Waals surface area contributed by atoms with Gasteiger partial charge in [0.15, 0.2) is 17.3 Å². The number of hydrogen-bond donors (Lipinski definition) is 0. The molecule has 6 heteroatoms. The lowest BCUT2D eigenvalue weighted by Gasteiger charge is -2.24. The van der Waals surface area contributed by atoms with E-state index in [0.717, 1.165) is 11.3 Å². The molecule has 5 nitrogen and oxygen atoms in total. The topological polar surface area (TPSA) is 49.7 Å². The van der Waals surface area contributed by atoms with Crippen LogP contribution in [0.5, 0.6) is 11.5 Å². The first-order valence-corrected chi connectivity index (χ1v) is 8.26. The summed E-state index contributed by atoms with van der Waals surface area (Å²) in [5.41, 5.74) is 4.21. The molecule has 1 aliphatic heterocycles. The van der Waals surface area contributed by atoms with Gasteiger partial charge in [-0.3, -0.25) is 0 Å². The van der Waals surface area contributed by atoms with Gasteiger partial charge in [-0.15, -0.1) is 0 Å². The summed E-state index contributed by atoms with van der Waals surface area (Å²) in [6.45, 7) is 6.51. The van der Waals surface area contributed by atoms with Crippen molar-refractivity contribution in [3.8, 4) is 22.8 Å². The van der Waals surface area contributed by atoms with Crippen LogP contribution in [0.25, 0.3) is 11.3 Å². The molecule has 0 amide bonds. The van der Waals surface area contributed by atoms with Crippen LogP contribution in [0.4, 0.5) is 4.39 Å². The number of methoxy groups -OCH3 is 2. The summed E-state index contributed by atoms with van der Waals surface area (Å²) in [4.78, 5) is 12.5. The van der Waals surface area contributed by atoms with Crippen molar-refractivity contribution in [3.05, 3.63) is 34.3 Å². The lowest BCUT2D eigenvalue weighted by Crippen LogP contribution is -2.16. The Morgan fingerprint density at radius 3 is 2.60 bits per heavy atom. The van der Waals surface area contributed by atoms with E-state index in [4.69, 9.17) is 14.2 Å². The summed E-state index contributed by atoms with van der Waals surface area (Å²) < 4.78 is 32.7. The summed E-state index contributed by atoms with van der Waals surface area (Å²) in [6.07, 6.45) is 0.520. The quantitative estimate of drug-likeness (QED) is 0.792. The molecular formula is C19H22FNO4. The molecule has 2 aromatic rings. The second-order valence-electron chi connectivity index (χ2n) is 6.01. The first-order valence-electron chi connectivity index (χ1n) is 8.26. The predicted molar refractivity (Wildman–Crippen MR) is 92.1 cm³/mol. The van der Waals surface area contributed by atoms with Gasteiger partial charge in [-0.2, -0.15) is 0 Å². The van der Waals surface area contributed by atoms with Gasteiger partial charge in [-0.25, -0.2) is 9.18 Å². The molecule has 0 atom stereocenters. The Morgan fingerprint density at radius 2 is 2.00 bits per heavy atom. The van der Waals surface area contributed by atoms with Crippen LogP contribution in [0, 0.1) is 19.7 Å². The zero-order chi connectivity index (χ0) is 18.3. The molecule has 0 spiro atoms. The van der Waals surface area contributed by atoms with E-state index >= 15 is 0 Å². The van der Waals surface area contributed by atoms with Gasteiger partial charge >= 0.3 is 5.97 Å². The van der Waals surface area contributed by atoms with E-state index in [1.54, 1.807) is 13.0 Å². The number of rotatable bonds is 4. The van der Waals surface area contributed by atoms with Crippen LogP contribution in [-0.2, 0) is 17.7 Å². The molecule has 0 saturated carbocycles. The highest BCUT2D eigenvalue weighted by Gasteiger charge is 2.32. The van der Waals surface area contributed by atoms with Crippen molar-refractivity contribution in [2.24, 2.45) is 0 Å². The molecule has 1 aromatic heterocycles. The first kappa shape index (κ1) is 17.3. The number of ether oxygens (including phenoxy) is 3. The summed E-state index contributed by atoms with van der Waals surface area (Å²) in [5, 5.41) is 0. The number of esters is 1. The van der Waals surface area contributed by atoms with Gasteiger partial charge in [-0.1, -0.05) is 0 Å². The highest BCUT2D eigenvalue weighted by atomic mass is 19.1. The molecule has 1 aliphatic rings. The highest BCUT2D eigenvalue weighted by molar-refractivity contribution is 5.99. The molecule has 0 unspecified atom stereocenters. The molecule has 0 fully saturated rings. The number of aromatic nitrogens is 1. The SMILES string of the molecule is CCOC(=O)c1c(C)c(C)n2c1-c1cc(OC)c(OC)c(F)c1CC2. The number of carbonyl (C=O) groups is 1. The summed E-state index contributed by atoms with van der Waals surface area (Å²) >= 11 is 0. The molecule has 25 heavy (non-hydrogen) atoms. The fourth-order valence-corrected chi connectivity index (χ4v) is 3.54. The van der Waals surface area contributed by atoms with Gasteiger partial charge < -0.3 is 18.8 Å². The minimum absolute atomic E-state index is 0.0902. The molecular weight excluding hydrogens is 325 g/mol. The lowest BCUT2D eigenvalue weighted by molar-refractivity contribution is 0.0526. The number of benzene rings is 1. The summed E-state index contributed by atoms with van der Waals surface area (Å²) in [6, 6.07) is 1.74. The lowest BCUT2D eigenvalue weighted by atomic mass is 9.94. The molecule has 0 N–H and O–H groups in total. The number of carbonyl (C=O) groups excluding carboxylic acids is 1. The molecule has 0 aliphatic carbocycles. The van der Waals surface area contributed by atoms with Crippen molar-refractivity contribution in [1.29, 1.82) is 0 Å². The van der Waals surface area contributed by atoms with Gasteiger partial charge in [0.2, 0.25) is 0 Å². The number of nitrogens with zero attached hydrogens (tertiary/aromatic N) is 1. The van der Waals surface area contributed by atoms with Crippen molar-refractivity contribution >= 4 is 5.97 Å². The van der Waals surface area contributed by atoms with Crippen LogP contribution < -0.4 is 9.47 Å². The molecule has 134 valence electrons. The Hall–Kier alpha value is -2.50. The average Bonchev–Trinajstić information content (AvgIpc) is 2.86. The van der Waals surface area contributed by atoms with Crippen molar-refractivity contribution in [1.82, 2.24) is 4.57 Å². The van der Waals surface area contributed by atoms with Gasteiger partial charge in [0.1, 0.15) is 0 Å². The maximum Gasteiger partial charge on any atom is 0.340 e. The molecule has 1 aromatic carbocycles. The van der Waals surface area contributed by atoms with Crippen LogP contribution in [0.3, 0.4) is 0 Å². The summed E-state index contributed by atoms with van der Waals surface area (Å²) in [5.74, 6) is -0.430. The van der Waals surface area contributed by atoms with Gasteiger partial charge in [0, 0.05) is 23.4 Å². The maximum atomic E-state index is 15.0. The van der Waals surface area contributed by atoms with E-state index in [9.17, 15) is 9.18 Å². The minimum atomic E-state index is -0.436. The van der Waals surface area contributed by atoms with Gasteiger partial charge in [0.05, 0.1) is 32.1 Å². The number of fused-ring (bicyclic) bond motifs is 3. The molecule has 2 heterocycles. The van der Waals surface area contributed by atoms with E-state index in [1.165, 1.54) is 14.2 Å². The predicted octanol–water partition coefficient (Wildman–Crippen LogP) is 3.66. The van der Waals surface area contributed by atoms with E-state index in [0.29, 0.717) is 41.1 Å². The highest BCUT2D eigenvalue weighted by Crippen LogP contribution is 2.44. The van der Waals surface area contributed by atoms with E-state index in [-0.39, 0.29) is 18.3 Å². The standard InChI is InChI=1S/C19H22FNO4/c1-6-25-19(22)15-10(2)11(3)21-8-7-12-13(17(15)21)9-14(23-4)18(24-5)16(12)20/h9H,6-8H2,1-5H3. The summed E-state index contributed by atoms with van der Waals surface area (Å²) in [7, 11) is 2.88. The second kappa shape index (κ2) is 6.43. The molecule has 0 radical (unpaired) electrons. The van der Waals surface area contributed by atoms with Crippen molar-refractivity contribution < 1.29 is 23.4 Å². The second-order valence-corrected chi connectivity index (χ2v) is 6.01. The third kappa shape index (κ3) is 2.47. The fraction of sp³-hybridized carbons (Fsp3) is 0.421. The van der Waals surface area contributed by atoms with Crippen molar-refractivity contribution in [2.75, 3.05) is 20.8 Å². The van der Waals surface area contributed by atoms with Crippen LogP contribution >= 0.6 is 0 Å². The molecule has 0 saturated heterocycles. The van der Waals surface area contributed by atoms with Gasteiger partial charge in [0.25, 0.3) is 0 Å². The first-order chi connectivity index (χ1) is 12.0. The van der Waals surface area contributed by atoms with E-state index in [2.05, 4.69) is 4.57 Å². The monoisotopic (exact) mass is 347 g/mol. The van der Waals surface area contributed by atoms with E-state index < -0.39 is 5.82 Å². The average molecular weight is 347 g/mol. The zero-order valence-corrected chi connectivity index (χ0v) is 15.2. The maximum absolute atomic E-state index is 15.0. The smallest absolute Gasteiger partial charge is 0.340 e. The number of halogens is 1. The molecule has 3 rings (SSSR count). The van der Waals surface area contributed by atoms with Crippen LogP contribution in [0.2, 0.25) is 0 Å². The third-order valence-electron chi connectivity index (χ3n) is 4.86. The van der Waals surface area contributed by atoms with Crippen LogP contribution in [0.1, 0.15) is 34.1 Å². The Labute approximate surface area is 146 Å². The van der Waals surface area contributed by atoms with E-state index in [1.807, 2.05) is 13.8 Å². The number of hydrogen-bond acceptors (Lipinski definition) is 4. The van der Waals surface area contributed by atoms with Crippen molar-refractivity contribution in [3.63, 3.8) is 0 Å². The largest absolute Gasteiger partial charge is 0.493 e. The minimum Gasteiger partial charge on any atom is -0.493 e. The fourth-order valence-electron chi connectivity index (χ4n) is 3.54. The van der Waals surface area contributed by atoms with Crippen molar-refractivity contribution in [2.45, 2.75) is 33.7 Å².